The molecule has 0 aliphatic carbocycles. The highest BCUT2D eigenvalue weighted by Crippen LogP contribution is 2.31. The summed E-state index contributed by atoms with van der Waals surface area (Å²) in [5.41, 5.74) is -1.25. The van der Waals surface area contributed by atoms with Gasteiger partial charge in [0.05, 0.1) is 5.54 Å². The number of sulfonamides is 1. The maximum Gasteiger partial charge on any atom is 0.410 e. The number of ether oxygens (including phenoxy) is 1. The van der Waals surface area contributed by atoms with Crippen molar-refractivity contribution >= 4 is 16.1 Å². The number of primary sulfonamides is 1. The molecule has 1 aliphatic heterocycles. The molecule has 6 nitrogen and oxygen atoms in total. The van der Waals surface area contributed by atoms with Crippen molar-refractivity contribution in [2.75, 3.05) is 6.54 Å². The molecule has 1 atom stereocenters. The monoisotopic (exact) mass is 290 g/mol. The van der Waals surface area contributed by atoms with E-state index < -0.39 is 27.3 Å². The fourth-order valence-corrected chi connectivity index (χ4v) is 2.50. The number of likely N-dealkylation sites (tertiary alicyclic amines) is 1. The first-order valence-corrected chi connectivity index (χ1v) is 7.77. The van der Waals surface area contributed by atoms with Gasteiger partial charge in [-0.3, -0.25) is 4.90 Å². The van der Waals surface area contributed by atoms with Crippen molar-refractivity contribution < 1.29 is 17.9 Å². The van der Waals surface area contributed by atoms with Gasteiger partial charge < -0.3 is 4.74 Å². The van der Waals surface area contributed by atoms with Gasteiger partial charge in [-0.1, -0.05) is 0 Å². The summed E-state index contributed by atoms with van der Waals surface area (Å²) >= 11 is 0. The van der Waals surface area contributed by atoms with E-state index in [0.717, 1.165) is 11.8 Å². The van der Waals surface area contributed by atoms with Crippen LogP contribution >= 0.6 is 0 Å². The van der Waals surface area contributed by atoms with Crippen molar-refractivity contribution in [2.24, 2.45) is 5.14 Å². The maximum absolute atomic E-state index is 12.1. The molecule has 110 valence electrons. The highest BCUT2D eigenvalue weighted by molar-refractivity contribution is 7.92. The first-order chi connectivity index (χ1) is 8.43. The summed E-state index contributed by atoms with van der Waals surface area (Å²) in [7, 11) is -3.69. The predicted octanol–water partition coefficient (Wildman–Crippen LogP) is 1.58. The van der Waals surface area contributed by atoms with E-state index in [9.17, 15) is 13.2 Å². The number of rotatable bonds is 2. The van der Waals surface area contributed by atoms with Gasteiger partial charge in [0.2, 0.25) is 10.0 Å². The zero-order valence-corrected chi connectivity index (χ0v) is 12.7. The van der Waals surface area contributed by atoms with Crippen LogP contribution in [0.5, 0.6) is 0 Å². The Morgan fingerprint density at radius 2 is 2.00 bits per heavy atom. The fraction of sp³-hybridized carbons (Fsp3) is 0.750. The normalized spacial score (nSPS) is 25.0. The maximum atomic E-state index is 12.1. The molecule has 0 aromatic heterocycles. The van der Waals surface area contributed by atoms with Crippen molar-refractivity contribution in [3.63, 3.8) is 0 Å². The van der Waals surface area contributed by atoms with Crippen LogP contribution in [0.3, 0.4) is 0 Å². The van der Waals surface area contributed by atoms with Gasteiger partial charge in [0.25, 0.3) is 0 Å². The molecule has 0 radical (unpaired) electrons. The van der Waals surface area contributed by atoms with Crippen LogP contribution in [0, 0.1) is 0 Å². The molecule has 7 heteroatoms. The lowest BCUT2D eigenvalue weighted by Crippen LogP contribution is -2.46. The summed E-state index contributed by atoms with van der Waals surface area (Å²) in [5, 5.41) is 5.89. The molecule has 1 fully saturated rings. The second-order valence-electron chi connectivity index (χ2n) is 5.98. The molecule has 19 heavy (non-hydrogen) atoms. The summed E-state index contributed by atoms with van der Waals surface area (Å²) in [6.45, 7) is 7.71. The van der Waals surface area contributed by atoms with Crippen molar-refractivity contribution in [2.45, 2.75) is 51.7 Å². The van der Waals surface area contributed by atoms with Gasteiger partial charge in [0, 0.05) is 12.0 Å². The summed E-state index contributed by atoms with van der Waals surface area (Å²) in [6, 6.07) is 0. The van der Waals surface area contributed by atoms with Crippen molar-refractivity contribution in [1.29, 1.82) is 0 Å². The number of nitrogens with two attached hydrogens (primary N) is 1. The van der Waals surface area contributed by atoms with Crippen LogP contribution in [0.25, 0.3) is 0 Å². The Kier molecular flexibility index (Phi) is 4.31. The SMILES string of the molecule is CC(C)(C)OC(=O)N1CCC[C@]1(C)/C=C/S(N)(=O)=O. The van der Waals surface area contributed by atoms with Crippen LogP contribution in [-0.4, -0.2) is 37.1 Å². The van der Waals surface area contributed by atoms with E-state index in [4.69, 9.17) is 9.88 Å². The largest absolute Gasteiger partial charge is 0.444 e. The molecule has 1 saturated heterocycles. The van der Waals surface area contributed by atoms with Crippen molar-refractivity contribution in [3.05, 3.63) is 11.5 Å². The molecular formula is C12H22N2O4S. The minimum Gasteiger partial charge on any atom is -0.444 e. The lowest BCUT2D eigenvalue weighted by atomic mass is 10.00. The zero-order chi connectivity index (χ0) is 14.9. The second kappa shape index (κ2) is 5.13. The zero-order valence-electron chi connectivity index (χ0n) is 11.8. The van der Waals surface area contributed by atoms with Crippen LogP contribution < -0.4 is 5.14 Å². The number of hydrogen-bond acceptors (Lipinski definition) is 4. The Labute approximate surface area is 114 Å². The Morgan fingerprint density at radius 1 is 1.42 bits per heavy atom. The van der Waals surface area contributed by atoms with Crippen LogP contribution in [0.1, 0.15) is 40.5 Å². The van der Waals surface area contributed by atoms with Gasteiger partial charge >= 0.3 is 6.09 Å². The molecule has 2 N–H and O–H groups in total. The smallest absolute Gasteiger partial charge is 0.410 e. The lowest BCUT2D eigenvalue weighted by Gasteiger charge is -2.34. The van der Waals surface area contributed by atoms with Gasteiger partial charge in [-0.05, 0) is 46.6 Å². The molecule has 0 aromatic carbocycles. The van der Waals surface area contributed by atoms with Crippen LogP contribution in [-0.2, 0) is 14.8 Å². The van der Waals surface area contributed by atoms with Crippen LogP contribution in [0.4, 0.5) is 4.79 Å². The summed E-state index contributed by atoms with van der Waals surface area (Å²) in [5.74, 6) is 0. The number of carbonyl (C=O) groups is 1. The van der Waals surface area contributed by atoms with Gasteiger partial charge in [0.15, 0.2) is 0 Å². The number of amides is 1. The van der Waals surface area contributed by atoms with E-state index >= 15 is 0 Å². The highest BCUT2D eigenvalue weighted by atomic mass is 32.2. The molecule has 0 spiro atoms. The fourth-order valence-electron chi connectivity index (χ4n) is 2.02. The molecule has 1 amide bonds. The first kappa shape index (κ1) is 16.0. The summed E-state index contributed by atoms with van der Waals surface area (Å²) < 4.78 is 27.3. The third-order valence-electron chi connectivity index (χ3n) is 2.91. The minimum absolute atomic E-state index is 0.438. The molecule has 1 heterocycles. The van der Waals surface area contributed by atoms with Crippen LogP contribution in [0.15, 0.2) is 11.5 Å². The van der Waals surface area contributed by atoms with E-state index in [2.05, 4.69) is 0 Å². The molecule has 0 bridgehead atoms. The van der Waals surface area contributed by atoms with E-state index in [1.54, 1.807) is 32.6 Å². The summed E-state index contributed by atoms with van der Waals surface area (Å²) in [6.07, 6.45) is 2.49. The van der Waals surface area contributed by atoms with Crippen molar-refractivity contribution in [1.82, 2.24) is 4.90 Å². The predicted molar refractivity (Wildman–Crippen MR) is 72.8 cm³/mol. The molecule has 1 rings (SSSR count). The number of hydrogen-bond donors (Lipinski definition) is 1. The Morgan fingerprint density at radius 3 is 2.47 bits per heavy atom. The second-order valence-corrected chi connectivity index (χ2v) is 7.43. The van der Waals surface area contributed by atoms with Gasteiger partial charge in [-0.2, -0.15) is 0 Å². The van der Waals surface area contributed by atoms with Crippen molar-refractivity contribution in [3.8, 4) is 0 Å². The van der Waals surface area contributed by atoms with Crippen LogP contribution in [0.2, 0.25) is 0 Å². The van der Waals surface area contributed by atoms with E-state index in [-0.39, 0.29) is 0 Å². The number of nitrogens with zero attached hydrogens (tertiary/aromatic N) is 1. The van der Waals surface area contributed by atoms with Gasteiger partial charge in [0.1, 0.15) is 5.60 Å². The molecule has 0 saturated carbocycles. The number of carbonyl (C=O) groups excluding carboxylic acids is 1. The Bertz CT molecular complexity index is 478. The average molecular weight is 290 g/mol. The topological polar surface area (TPSA) is 89.7 Å². The third kappa shape index (κ3) is 4.83. The standard InChI is InChI=1S/C12H22N2O4S/c1-11(2,3)18-10(15)14-8-5-6-12(14,4)7-9-19(13,16)17/h7,9H,5-6,8H2,1-4H3,(H2,13,16,17)/b9-7+/t12-/m1/s1. The highest BCUT2D eigenvalue weighted by Gasteiger charge is 2.39. The molecule has 0 unspecified atom stereocenters. The Hall–Kier alpha value is -1.08. The molecule has 1 aliphatic rings. The Balaban J connectivity index is 2.89. The molecular weight excluding hydrogens is 268 g/mol. The molecule has 0 aromatic rings. The van der Waals surface area contributed by atoms with E-state index in [0.29, 0.717) is 13.0 Å². The van der Waals surface area contributed by atoms with E-state index in [1.807, 2.05) is 0 Å². The quantitative estimate of drug-likeness (QED) is 0.836. The van der Waals surface area contributed by atoms with Gasteiger partial charge in [-0.15, -0.1) is 0 Å². The summed E-state index contributed by atoms with van der Waals surface area (Å²) in [4.78, 5) is 13.6. The average Bonchev–Trinajstić information content (AvgIpc) is 2.55. The first-order valence-electron chi connectivity index (χ1n) is 6.16. The van der Waals surface area contributed by atoms with Gasteiger partial charge in [-0.25, -0.2) is 18.4 Å². The minimum atomic E-state index is -3.69. The lowest BCUT2D eigenvalue weighted by molar-refractivity contribution is 0.0169. The van der Waals surface area contributed by atoms with E-state index in [1.165, 1.54) is 6.08 Å². The third-order valence-corrected chi connectivity index (χ3v) is 3.43.